The van der Waals surface area contributed by atoms with E-state index in [1.54, 1.807) is 0 Å². The molecule has 6 heteroatoms. The molecule has 2 amide bonds. The van der Waals surface area contributed by atoms with Gasteiger partial charge in [0.15, 0.2) is 6.10 Å². The van der Waals surface area contributed by atoms with Gasteiger partial charge in [-0.15, -0.1) is 0 Å². The molecular weight excluding hydrogens is 226 g/mol. The van der Waals surface area contributed by atoms with Crippen molar-refractivity contribution in [2.45, 2.75) is 25.4 Å². The van der Waals surface area contributed by atoms with Crippen molar-refractivity contribution in [3.63, 3.8) is 0 Å². The van der Waals surface area contributed by atoms with Crippen LogP contribution in [0.3, 0.4) is 0 Å². The first-order valence-electron chi connectivity index (χ1n) is 5.65. The van der Waals surface area contributed by atoms with Gasteiger partial charge in [0, 0.05) is 11.8 Å². The number of methoxy groups -OCH3 is 1. The Hall–Kier alpha value is -1.43. The molecule has 17 heavy (non-hydrogen) atoms. The molecule has 94 valence electrons. The molecular formula is C11H15NO5. The number of piperidine rings is 1. The van der Waals surface area contributed by atoms with E-state index in [0.29, 0.717) is 6.42 Å². The Kier molecular flexibility index (Phi) is 3.15. The third kappa shape index (κ3) is 2.04. The number of imide groups is 1. The summed E-state index contributed by atoms with van der Waals surface area (Å²) in [4.78, 5) is 35.8. The van der Waals surface area contributed by atoms with Crippen LogP contribution in [-0.4, -0.2) is 47.5 Å². The summed E-state index contributed by atoms with van der Waals surface area (Å²) in [5, 5.41) is 9.48. The maximum Gasteiger partial charge on any atom is 0.336 e. The molecule has 3 unspecified atom stereocenters. The predicted octanol–water partition coefficient (Wildman–Crippen LogP) is -0.695. The lowest BCUT2D eigenvalue weighted by molar-refractivity contribution is -0.159. The molecule has 1 aliphatic heterocycles. The standard InChI is InChI=1S/C11H15NO5/c1-17-11(16)8(13)5-12-9(14)6-2-3-7(4-6)10(12)15/h6-8,13H,2-5H2,1H3. The van der Waals surface area contributed by atoms with E-state index in [9.17, 15) is 19.5 Å². The number of β-amino-alcohol motifs (C(OH)–C–C–N with tert-alkyl or cyclic N) is 1. The topological polar surface area (TPSA) is 83.9 Å². The van der Waals surface area contributed by atoms with Crippen LogP contribution in [0.4, 0.5) is 0 Å². The Bertz CT molecular complexity index is 345. The SMILES string of the molecule is COC(=O)C(O)CN1C(=O)C2CCC(C2)C1=O. The molecule has 1 saturated heterocycles. The van der Waals surface area contributed by atoms with Crippen molar-refractivity contribution in [2.24, 2.45) is 11.8 Å². The van der Waals surface area contributed by atoms with Crippen LogP contribution >= 0.6 is 0 Å². The monoisotopic (exact) mass is 241 g/mol. The second-order valence-electron chi connectivity index (χ2n) is 4.53. The summed E-state index contributed by atoms with van der Waals surface area (Å²) in [5.74, 6) is -1.62. The van der Waals surface area contributed by atoms with E-state index in [1.807, 2.05) is 0 Å². The van der Waals surface area contributed by atoms with Crippen molar-refractivity contribution in [1.29, 1.82) is 0 Å². The first-order valence-corrected chi connectivity index (χ1v) is 5.65. The van der Waals surface area contributed by atoms with Crippen molar-refractivity contribution < 1.29 is 24.2 Å². The van der Waals surface area contributed by atoms with Crippen molar-refractivity contribution in [1.82, 2.24) is 4.90 Å². The van der Waals surface area contributed by atoms with Crippen molar-refractivity contribution >= 4 is 17.8 Å². The predicted molar refractivity (Wildman–Crippen MR) is 55.6 cm³/mol. The van der Waals surface area contributed by atoms with Gasteiger partial charge in [-0.05, 0) is 19.3 Å². The van der Waals surface area contributed by atoms with Gasteiger partial charge in [-0.25, -0.2) is 4.79 Å². The smallest absolute Gasteiger partial charge is 0.336 e. The van der Waals surface area contributed by atoms with E-state index >= 15 is 0 Å². The van der Waals surface area contributed by atoms with Gasteiger partial charge in [0.05, 0.1) is 13.7 Å². The molecule has 0 radical (unpaired) electrons. The first-order chi connectivity index (χ1) is 8.04. The lowest BCUT2D eigenvalue weighted by Crippen LogP contribution is -2.50. The summed E-state index contributed by atoms with van der Waals surface area (Å²) >= 11 is 0. The van der Waals surface area contributed by atoms with Crippen molar-refractivity contribution in [3.8, 4) is 0 Å². The van der Waals surface area contributed by atoms with Crippen LogP contribution < -0.4 is 0 Å². The van der Waals surface area contributed by atoms with Crippen LogP contribution in [0.15, 0.2) is 0 Å². The van der Waals surface area contributed by atoms with Gasteiger partial charge in [0.25, 0.3) is 0 Å². The van der Waals surface area contributed by atoms with Crippen LogP contribution in [0.5, 0.6) is 0 Å². The number of fused-ring (bicyclic) bond motifs is 2. The van der Waals surface area contributed by atoms with Crippen LogP contribution in [0.1, 0.15) is 19.3 Å². The lowest BCUT2D eigenvalue weighted by atomic mass is 9.97. The fourth-order valence-corrected chi connectivity index (χ4v) is 2.54. The zero-order chi connectivity index (χ0) is 12.6. The molecule has 0 aromatic heterocycles. The molecule has 6 nitrogen and oxygen atoms in total. The second kappa shape index (κ2) is 4.44. The van der Waals surface area contributed by atoms with E-state index in [4.69, 9.17) is 0 Å². The third-order valence-corrected chi connectivity index (χ3v) is 3.49. The van der Waals surface area contributed by atoms with E-state index in [1.165, 1.54) is 0 Å². The fourth-order valence-electron chi connectivity index (χ4n) is 2.54. The number of hydrogen-bond donors (Lipinski definition) is 1. The summed E-state index contributed by atoms with van der Waals surface area (Å²) < 4.78 is 4.36. The van der Waals surface area contributed by atoms with Crippen molar-refractivity contribution in [3.05, 3.63) is 0 Å². The summed E-state index contributed by atoms with van der Waals surface area (Å²) in [6.45, 7) is -0.294. The van der Waals surface area contributed by atoms with Crippen LogP contribution in [0, 0.1) is 11.8 Å². The van der Waals surface area contributed by atoms with Crippen LogP contribution in [0.2, 0.25) is 0 Å². The van der Waals surface area contributed by atoms with Crippen molar-refractivity contribution in [2.75, 3.05) is 13.7 Å². The summed E-state index contributed by atoms with van der Waals surface area (Å²) in [7, 11) is 1.15. The highest BCUT2D eigenvalue weighted by Gasteiger charge is 2.46. The van der Waals surface area contributed by atoms with E-state index in [-0.39, 0.29) is 30.2 Å². The number of rotatable bonds is 3. The molecule has 1 heterocycles. The average Bonchev–Trinajstić information content (AvgIpc) is 2.78. The Labute approximate surface area is 98.5 Å². The van der Waals surface area contributed by atoms with Gasteiger partial charge < -0.3 is 9.84 Å². The highest BCUT2D eigenvalue weighted by molar-refractivity contribution is 6.01. The van der Waals surface area contributed by atoms with E-state index in [0.717, 1.165) is 24.9 Å². The maximum absolute atomic E-state index is 11.9. The van der Waals surface area contributed by atoms with Gasteiger partial charge in [-0.2, -0.15) is 0 Å². The number of carbonyl (C=O) groups is 3. The number of ether oxygens (including phenoxy) is 1. The van der Waals surface area contributed by atoms with Crippen LogP contribution in [0.25, 0.3) is 0 Å². The molecule has 1 saturated carbocycles. The molecule has 0 aromatic carbocycles. The summed E-state index contributed by atoms with van der Waals surface area (Å²) in [6.07, 6.45) is 0.605. The molecule has 2 aliphatic rings. The Morgan fingerprint density at radius 3 is 2.41 bits per heavy atom. The Morgan fingerprint density at radius 2 is 1.94 bits per heavy atom. The minimum absolute atomic E-state index is 0.123. The number of nitrogens with zero attached hydrogens (tertiary/aromatic N) is 1. The van der Waals surface area contributed by atoms with E-state index in [2.05, 4.69) is 4.74 Å². The average molecular weight is 241 g/mol. The van der Waals surface area contributed by atoms with Crippen LogP contribution in [-0.2, 0) is 19.1 Å². The Morgan fingerprint density at radius 1 is 1.41 bits per heavy atom. The Balaban J connectivity index is 2.07. The minimum Gasteiger partial charge on any atom is -0.467 e. The van der Waals surface area contributed by atoms with E-state index < -0.39 is 12.1 Å². The number of carbonyl (C=O) groups excluding carboxylic acids is 3. The number of likely N-dealkylation sites (tertiary alicyclic amines) is 1. The normalized spacial score (nSPS) is 29.4. The van der Waals surface area contributed by atoms with Gasteiger partial charge in [-0.1, -0.05) is 0 Å². The number of aliphatic hydroxyl groups excluding tert-OH is 1. The highest BCUT2D eigenvalue weighted by atomic mass is 16.5. The molecule has 1 aliphatic carbocycles. The number of amides is 2. The van der Waals surface area contributed by atoms with Gasteiger partial charge in [0.1, 0.15) is 0 Å². The first kappa shape index (κ1) is 12.0. The number of esters is 1. The minimum atomic E-state index is -1.45. The second-order valence-corrected chi connectivity index (χ2v) is 4.53. The molecule has 2 bridgehead atoms. The molecule has 2 rings (SSSR count). The van der Waals surface area contributed by atoms with Gasteiger partial charge in [-0.3, -0.25) is 14.5 Å². The zero-order valence-corrected chi connectivity index (χ0v) is 9.59. The fraction of sp³-hybridized carbons (Fsp3) is 0.727. The van der Waals surface area contributed by atoms with Gasteiger partial charge in [0.2, 0.25) is 11.8 Å². The number of hydrogen-bond acceptors (Lipinski definition) is 5. The molecule has 2 fully saturated rings. The zero-order valence-electron chi connectivity index (χ0n) is 9.59. The molecule has 3 atom stereocenters. The summed E-state index contributed by atoms with van der Waals surface area (Å²) in [6, 6.07) is 0. The largest absolute Gasteiger partial charge is 0.467 e. The highest BCUT2D eigenvalue weighted by Crippen LogP contribution is 2.38. The quantitative estimate of drug-likeness (QED) is 0.522. The summed E-state index contributed by atoms with van der Waals surface area (Å²) in [5.41, 5.74) is 0. The molecule has 0 aromatic rings. The lowest BCUT2D eigenvalue weighted by Gasteiger charge is -2.30. The molecule has 0 spiro atoms. The number of aliphatic hydroxyl groups is 1. The third-order valence-electron chi connectivity index (χ3n) is 3.49. The van der Waals surface area contributed by atoms with Gasteiger partial charge >= 0.3 is 5.97 Å². The molecule has 1 N–H and O–H groups in total. The maximum atomic E-state index is 11.9.